The van der Waals surface area contributed by atoms with E-state index in [4.69, 9.17) is 14.9 Å². The number of carbonyl (C=O) groups is 3. The lowest BCUT2D eigenvalue weighted by Gasteiger charge is -2.29. The molecule has 1 aromatic carbocycles. The van der Waals surface area contributed by atoms with Crippen LogP contribution < -0.4 is 15.8 Å². The predicted octanol–water partition coefficient (Wildman–Crippen LogP) is 1.10. The molecule has 0 saturated carbocycles. The van der Waals surface area contributed by atoms with Crippen molar-refractivity contribution in [2.45, 2.75) is 12.1 Å². The van der Waals surface area contributed by atoms with Gasteiger partial charge in [0.1, 0.15) is 29.2 Å². The van der Waals surface area contributed by atoms with E-state index in [9.17, 15) is 14.4 Å². The minimum absolute atomic E-state index is 0.0680. The largest absolute Gasteiger partial charge is 0.497 e. The van der Waals surface area contributed by atoms with Crippen LogP contribution in [0.4, 0.5) is 0 Å². The maximum atomic E-state index is 13.1. The van der Waals surface area contributed by atoms with Crippen molar-refractivity contribution in [2.24, 2.45) is 5.73 Å². The summed E-state index contributed by atoms with van der Waals surface area (Å²) in [6.07, 6.45) is 5.21. The van der Waals surface area contributed by atoms with E-state index in [0.29, 0.717) is 28.2 Å². The number of rotatable bonds is 7. The SMILES string of the molecule is COc1ccc2c(c1)C(=O)N(C[C@@](N)(C(=O)NC=O)c1cc3nc(-n4ccnc4)ccc3o1)C2. The number of pyridine rings is 1. The summed E-state index contributed by atoms with van der Waals surface area (Å²) in [5.41, 5.74) is 6.80. The third-order valence-electron chi connectivity index (χ3n) is 5.80. The molecule has 3 amide bonds. The summed E-state index contributed by atoms with van der Waals surface area (Å²) in [4.78, 5) is 47.0. The number of imide groups is 1. The average molecular weight is 460 g/mol. The number of nitrogens with zero attached hydrogens (tertiary/aromatic N) is 4. The van der Waals surface area contributed by atoms with Gasteiger partial charge in [-0.3, -0.25) is 24.3 Å². The Kier molecular flexibility index (Phi) is 5.10. The monoisotopic (exact) mass is 460 g/mol. The predicted molar refractivity (Wildman–Crippen MR) is 119 cm³/mol. The van der Waals surface area contributed by atoms with Crippen molar-refractivity contribution in [2.75, 3.05) is 13.7 Å². The molecule has 5 rings (SSSR count). The molecule has 3 N–H and O–H groups in total. The number of ether oxygens (including phenoxy) is 1. The molecule has 1 atom stereocenters. The summed E-state index contributed by atoms with van der Waals surface area (Å²) in [7, 11) is 1.52. The number of carbonyl (C=O) groups excluding carboxylic acids is 3. The second-order valence-electron chi connectivity index (χ2n) is 7.88. The highest BCUT2D eigenvalue weighted by atomic mass is 16.5. The Morgan fingerprint density at radius 3 is 2.91 bits per heavy atom. The first-order valence-electron chi connectivity index (χ1n) is 10.3. The van der Waals surface area contributed by atoms with E-state index in [-0.39, 0.29) is 31.2 Å². The van der Waals surface area contributed by atoms with E-state index in [1.54, 1.807) is 53.6 Å². The summed E-state index contributed by atoms with van der Waals surface area (Å²) in [6, 6.07) is 10.2. The van der Waals surface area contributed by atoms with Crippen molar-refractivity contribution >= 4 is 29.3 Å². The molecule has 0 bridgehead atoms. The minimum atomic E-state index is -1.85. The first-order chi connectivity index (χ1) is 16.4. The van der Waals surface area contributed by atoms with Crippen LogP contribution in [0, 0.1) is 0 Å². The van der Waals surface area contributed by atoms with Crippen molar-refractivity contribution in [3.05, 3.63) is 72.0 Å². The van der Waals surface area contributed by atoms with Gasteiger partial charge in [0.25, 0.3) is 11.8 Å². The molecule has 0 spiro atoms. The van der Waals surface area contributed by atoms with E-state index < -0.39 is 11.4 Å². The van der Waals surface area contributed by atoms with E-state index in [2.05, 4.69) is 15.3 Å². The Hall–Kier alpha value is -4.51. The van der Waals surface area contributed by atoms with Crippen LogP contribution in [-0.4, -0.2) is 51.3 Å². The number of furan rings is 1. The number of aromatic nitrogens is 3. The topological polar surface area (TPSA) is 146 Å². The van der Waals surface area contributed by atoms with E-state index >= 15 is 0 Å². The molecule has 11 nitrogen and oxygen atoms in total. The zero-order valence-electron chi connectivity index (χ0n) is 18.1. The molecular formula is C23H20N6O5. The van der Waals surface area contributed by atoms with Gasteiger partial charge in [-0.25, -0.2) is 9.97 Å². The van der Waals surface area contributed by atoms with Gasteiger partial charge in [-0.15, -0.1) is 0 Å². The number of nitrogens with two attached hydrogens (primary N) is 1. The highest BCUT2D eigenvalue weighted by Crippen LogP contribution is 2.32. The molecule has 0 saturated heterocycles. The highest BCUT2D eigenvalue weighted by molar-refractivity contribution is 6.00. The van der Waals surface area contributed by atoms with Gasteiger partial charge in [-0.2, -0.15) is 0 Å². The molecule has 4 heterocycles. The standard InChI is InChI=1S/C23H20N6O5/c1-33-15-3-2-14-10-29(21(31)16(14)8-15)11-23(24,22(32)26-13-30)19-9-17-18(34-19)4-5-20(27-17)28-7-6-25-12-28/h2-9,12-13H,10-11,24H2,1H3,(H,26,30,32)/t23-/m0/s1. The lowest BCUT2D eigenvalue weighted by atomic mass is 9.95. The molecular weight excluding hydrogens is 440 g/mol. The van der Waals surface area contributed by atoms with Crippen LogP contribution in [0.1, 0.15) is 21.7 Å². The minimum Gasteiger partial charge on any atom is -0.497 e. The molecule has 34 heavy (non-hydrogen) atoms. The number of imidazole rings is 1. The van der Waals surface area contributed by atoms with Crippen LogP contribution >= 0.6 is 0 Å². The Bertz CT molecular complexity index is 1410. The van der Waals surface area contributed by atoms with Crippen molar-refractivity contribution < 1.29 is 23.5 Å². The maximum Gasteiger partial charge on any atom is 0.256 e. The van der Waals surface area contributed by atoms with Gasteiger partial charge in [0, 0.05) is 30.6 Å². The quantitative estimate of drug-likeness (QED) is 0.390. The van der Waals surface area contributed by atoms with Gasteiger partial charge in [0.15, 0.2) is 11.1 Å². The van der Waals surface area contributed by atoms with E-state index in [1.165, 1.54) is 18.1 Å². The van der Waals surface area contributed by atoms with Gasteiger partial charge in [0.05, 0.1) is 13.7 Å². The van der Waals surface area contributed by atoms with Crippen LogP contribution in [0.25, 0.3) is 16.9 Å². The van der Waals surface area contributed by atoms with Crippen LogP contribution in [0.2, 0.25) is 0 Å². The molecule has 3 aromatic heterocycles. The number of fused-ring (bicyclic) bond motifs is 2. The molecule has 11 heteroatoms. The third-order valence-corrected chi connectivity index (χ3v) is 5.80. The smallest absolute Gasteiger partial charge is 0.256 e. The molecule has 4 aromatic rings. The summed E-state index contributed by atoms with van der Waals surface area (Å²) in [5.74, 6) is 0.0931. The first kappa shape index (κ1) is 21.3. The second-order valence-corrected chi connectivity index (χ2v) is 7.88. The molecule has 0 radical (unpaired) electrons. The van der Waals surface area contributed by atoms with E-state index in [0.717, 1.165) is 5.56 Å². The lowest BCUT2D eigenvalue weighted by Crippen LogP contribution is -2.57. The fourth-order valence-corrected chi connectivity index (χ4v) is 4.01. The maximum absolute atomic E-state index is 13.1. The Labute approximate surface area is 193 Å². The summed E-state index contributed by atoms with van der Waals surface area (Å²) < 4.78 is 12.8. The summed E-state index contributed by atoms with van der Waals surface area (Å²) in [5, 5.41) is 2.10. The van der Waals surface area contributed by atoms with Crippen LogP contribution in [0.15, 0.2) is 59.5 Å². The van der Waals surface area contributed by atoms with Crippen molar-refractivity contribution in [1.29, 1.82) is 0 Å². The van der Waals surface area contributed by atoms with Gasteiger partial charge in [-0.1, -0.05) is 6.07 Å². The molecule has 0 aliphatic carbocycles. The number of amides is 3. The Morgan fingerprint density at radius 1 is 1.32 bits per heavy atom. The average Bonchev–Trinajstić information content (AvgIpc) is 3.58. The molecule has 0 fully saturated rings. The lowest BCUT2D eigenvalue weighted by molar-refractivity contribution is -0.130. The number of benzene rings is 1. The van der Waals surface area contributed by atoms with Crippen molar-refractivity contribution in [3.63, 3.8) is 0 Å². The van der Waals surface area contributed by atoms with Gasteiger partial charge >= 0.3 is 0 Å². The van der Waals surface area contributed by atoms with Crippen LogP contribution in [0.5, 0.6) is 5.75 Å². The van der Waals surface area contributed by atoms with Crippen molar-refractivity contribution in [3.8, 4) is 11.6 Å². The third kappa shape index (κ3) is 3.48. The zero-order valence-corrected chi connectivity index (χ0v) is 18.1. The van der Waals surface area contributed by atoms with Crippen LogP contribution in [-0.2, 0) is 21.7 Å². The molecule has 0 unspecified atom stereocenters. The number of hydrogen-bond donors (Lipinski definition) is 2. The normalized spacial score (nSPS) is 14.6. The van der Waals surface area contributed by atoms with Gasteiger partial charge in [0.2, 0.25) is 6.41 Å². The van der Waals surface area contributed by atoms with E-state index in [1.807, 2.05) is 0 Å². The Morgan fingerprint density at radius 2 is 2.18 bits per heavy atom. The van der Waals surface area contributed by atoms with Crippen LogP contribution in [0.3, 0.4) is 0 Å². The van der Waals surface area contributed by atoms with Crippen molar-refractivity contribution in [1.82, 2.24) is 24.8 Å². The summed E-state index contributed by atoms with van der Waals surface area (Å²) in [6.45, 7) is 0.0193. The zero-order chi connectivity index (χ0) is 23.9. The second kappa shape index (κ2) is 8.12. The number of nitrogens with one attached hydrogen (secondary N) is 1. The fraction of sp³-hybridized carbons (Fsp3) is 0.174. The van der Waals surface area contributed by atoms with Gasteiger partial charge in [-0.05, 0) is 29.8 Å². The summed E-state index contributed by atoms with van der Waals surface area (Å²) >= 11 is 0. The highest BCUT2D eigenvalue weighted by Gasteiger charge is 2.44. The number of hydrogen-bond acceptors (Lipinski definition) is 8. The Balaban J connectivity index is 1.51. The molecule has 172 valence electrons. The van der Waals surface area contributed by atoms with Gasteiger partial charge < -0.3 is 19.8 Å². The fourth-order valence-electron chi connectivity index (χ4n) is 4.01. The molecule has 1 aliphatic heterocycles. The molecule has 1 aliphatic rings. The number of methoxy groups -OCH3 is 1. The first-order valence-corrected chi connectivity index (χ1v) is 10.3.